The van der Waals surface area contributed by atoms with E-state index in [-0.39, 0.29) is 17.2 Å². The van der Waals surface area contributed by atoms with Gasteiger partial charge >= 0.3 is 0 Å². The van der Waals surface area contributed by atoms with Gasteiger partial charge in [0, 0.05) is 29.0 Å². The number of allylic oxidation sites excluding steroid dienone is 3. The second-order valence-electron chi connectivity index (χ2n) is 5.55. The zero-order chi connectivity index (χ0) is 17.4. The minimum Gasteiger partial charge on any atom is -0.495 e. The standard InChI is InChI=1S/C17H14Cl2N2O3/c1-23-16-9(5-8(18)6-11(16)19)14-10(7-20)17(21)24-13-4-2-3-12(22)15(13)14/h5-6,14H,2-4,21H2,1H3/t14-/m0/s1. The van der Waals surface area contributed by atoms with Crippen LogP contribution in [0.25, 0.3) is 0 Å². The SMILES string of the molecule is COc1c(Cl)cc(Cl)cc1[C@H]1C(C#N)=C(N)OC2=C1C(=O)CCC2. The fourth-order valence-electron chi connectivity index (χ4n) is 3.18. The van der Waals surface area contributed by atoms with Crippen LogP contribution in [0, 0.1) is 11.3 Å². The van der Waals surface area contributed by atoms with Crippen LogP contribution in [0.4, 0.5) is 0 Å². The first-order chi connectivity index (χ1) is 11.5. The van der Waals surface area contributed by atoms with Crippen LogP contribution in [-0.2, 0) is 9.53 Å². The van der Waals surface area contributed by atoms with Crippen molar-refractivity contribution < 1.29 is 14.3 Å². The highest BCUT2D eigenvalue weighted by molar-refractivity contribution is 6.35. The Kier molecular flexibility index (Phi) is 4.44. The Labute approximate surface area is 149 Å². The molecule has 1 aromatic rings. The van der Waals surface area contributed by atoms with Crippen molar-refractivity contribution >= 4 is 29.0 Å². The number of ketones is 1. The van der Waals surface area contributed by atoms with E-state index in [0.717, 1.165) is 0 Å². The van der Waals surface area contributed by atoms with Crippen LogP contribution >= 0.6 is 23.2 Å². The molecule has 0 aromatic heterocycles. The summed E-state index contributed by atoms with van der Waals surface area (Å²) in [5.41, 5.74) is 7.04. The maximum absolute atomic E-state index is 12.5. The third-order valence-corrected chi connectivity index (χ3v) is 4.66. The lowest BCUT2D eigenvalue weighted by Gasteiger charge is -2.31. The summed E-state index contributed by atoms with van der Waals surface area (Å²) in [5, 5.41) is 10.2. The topological polar surface area (TPSA) is 85.3 Å². The average molecular weight is 365 g/mol. The predicted molar refractivity (Wildman–Crippen MR) is 89.6 cm³/mol. The molecule has 0 saturated heterocycles. The number of hydrogen-bond acceptors (Lipinski definition) is 5. The maximum atomic E-state index is 12.5. The van der Waals surface area contributed by atoms with Gasteiger partial charge in [0.2, 0.25) is 5.88 Å². The van der Waals surface area contributed by atoms with Crippen LogP contribution in [0.3, 0.4) is 0 Å². The summed E-state index contributed by atoms with van der Waals surface area (Å²) < 4.78 is 10.9. The lowest BCUT2D eigenvalue weighted by Crippen LogP contribution is -2.27. The number of nitrogens with zero attached hydrogens (tertiary/aromatic N) is 1. The van der Waals surface area contributed by atoms with Gasteiger partial charge < -0.3 is 15.2 Å². The zero-order valence-electron chi connectivity index (χ0n) is 12.9. The smallest absolute Gasteiger partial charge is 0.205 e. The monoisotopic (exact) mass is 364 g/mol. The number of Topliss-reactive ketones (excluding diaryl/α,β-unsaturated/α-hetero) is 1. The van der Waals surface area contributed by atoms with E-state index >= 15 is 0 Å². The van der Waals surface area contributed by atoms with Crippen molar-refractivity contribution in [2.24, 2.45) is 5.73 Å². The lowest BCUT2D eigenvalue weighted by molar-refractivity contribution is -0.116. The molecule has 0 fully saturated rings. The van der Waals surface area contributed by atoms with Crippen LogP contribution in [0.15, 0.2) is 34.9 Å². The van der Waals surface area contributed by atoms with Gasteiger partial charge in [0.05, 0.1) is 18.1 Å². The predicted octanol–water partition coefficient (Wildman–Crippen LogP) is 3.82. The molecular weight excluding hydrogens is 351 g/mol. The van der Waals surface area contributed by atoms with Gasteiger partial charge in [-0.05, 0) is 18.6 Å². The summed E-state index contributed by atoms with van der Waals surface area (Å²) in [6.07, 6.45) is 1.68. The molecule has 24 heavy (non-hydrogen) atoms. The Hall–Kier alpha value is -2.16. The molecule has 2 aliphatic rings. The molecular formula is C17H14Cl2N2O3. The van der Waals surface area contributed by atoms with Crippen molar-refractivity contribution in [1.29, 1.82) is 5.26 Å². The molecule has 0 radical (unpaired) electrons. The largest absolute Gasteiger partial charge is 0.495 e. The van der Waals surface area contributed by atoms with Crippen molar-refractivity contribution in [3.05, 3.63) is 50.5 Å². The molecule has 1 atom stereocenters. The molecule has 7 heteroatoms. The number of benzene rings is 1. The highest BCUT2D eigenvalue weighted by Crippen LogP contribution is 2.48. The number of nitriles is 1. The van der Waals surface area contributed by atoms with Gasteiger partial charge in [-0.1, -0.05) is 23.2 Å². The summed E-state index contributed by atoms with van der Waals surface area (Å²) >= 11 is 12.4. The zero-order valence-corrected chi connectivity index (χ0v) is 14.4. The van der Waals surface area contributed by atoms with E-state index in [4.69, 9.17) is 38.4 Å². The molecule has 124 valence electrons. The van der Waals surface area contributed by atoms with Crippen molar-refractivity contribution in [3.63, 3.8) is 0 Å². The summed E-state index contributed by atoms with van der Waals surface area (Å²) in [7, 11) is 1.47. The molecule has 0 saturated carbocycles. The number of rotatable bonds is 2. The summed E-state index contributed by atoms with van der Waals surface area (Å²) in [5.74, 6) is 0.0936. The highest BCUT2D eigenvalue weighted by Gasteiger charge is 2.39. The number of halogens is 2. The van der Waals surface area contributed by atoms with E-state index in [9.17, 15) is 10.1 Å². The normalized spacial score (nSPS) is 20.4. The van der Waals surface area contributed by atoms with E-state index in [2.05, 4.69) is 0 Å². The first-order valence-corrected chi connectivity index (χ1v) is 8.10. The van der Waals surface area contributed by atoms with Crippen molar-refractivity contribution in [2.45, 2.75) is 25.2 Å². The molecule has 1 heterocycles. The molecule has 5 nitrogen and oxygen atoms in total. The van der Waals surface area contributed by atoms with Crippen LogP contribution < -0.4 is 10.5 Å². The van der Waals surface area contributed by atoms with E-state index in [1.54, 1.807) is 12.1 Å². The molecule has 3 rings (SSSR count). The van der Waals surface area contributed by atoms with Gasteiger partial charge in [0.15, 0.2) is 5.78 Å². The van der Waals surface area contributed by atoms with E-state index in [1.807, 2.05) is 6.07 Å². The molecule has 1 aliphatic heterocycles. The molecule has 0 bridgehead atoms. The Morgan fingerprint density at radius 2 is 2.12 bits per heavy atom. The summed E-state index contributed by atoms with van der Waals surface area (Å²) in [6.45, 7) is 0. The van der Waals surface area contributed by atoms with Gasteiger partial charge in [-0.25, -0.2) is 0 Å². The Bertz CT molecular complexity index is 837. The average Bonchev–Trinajstić information content (AvgIpc) is 2.53. The third-order valence-electron chi connectivity index (χ3n) is 4.16. The second-order valence-corrected chi connectivity index (χ2v) is 6.39. The van der Waals surface area contributed by atoms with Gasteiger partial charge in [0.25, 0.3) is 0 Å². The molecule has 0 amide bonds. The van der Waals surface area contributed by atoms with Crippen molar-refractivity contribution in [1.82, 2.24) is 0 Å². The summed E-state index contributed by atoms with van der Waals surface area (Å²) in [6, 6.07) is 5.23. The molecule has 1 aromatic carbocycles. The Balaban J connectivity index is 2.30. The Morgan fingerprint density at radius 1 is 1.38 bits per heavy atom. The fraction of sp³-hybridized carbons (Fsp3) is 0.294. The third kappa shape index (κ3) is 2.62. The van der Waals surface area contributed by atoms with Crippen molar-refractivity contribution in [3.8, 4) is 11.8 Å². The van der Waals surface area contributed by atoms with Gasteiger partial charge in [0.1, 0.15) is 23.2 Å². The molecule has 0 spiro atoms. The number of methoxy groups -OCH3 is 1. The second kappa shape index (κ2) is 6.39. The Morgan fingerprint density at radius 3 is 2.79 bits per heavy atom. The van der Waals surface area contributed by atoms with Crippen LogP contribution in [-0.4, -0.2) is 12.9 Å². The number of nitrogens with two attached hydrogens (primary N) is 1. The molecule has 1 aliphatic carbocycles. The lowest BCUT2D eigenvalue weighted by atomic mass is 9.77. The first kappa shape index (κ1) is 16.7. The van der Waals surface area contributed by atoms with Gasteiger partial charge in [-0.15, -0.1) is 0 Å². The van der Waals surface area contributed by atoms with Gasteiger partial charge in [-0.3, -0.25) is 4.79 Å². The number of carbonyl (C=O) groups is 1. The summed E-state index contributed by atoms with van der Waals surface area (Å²) in [4.78, 5) is 12.5. The quantitative estimate of drug-likeness (QED) is 0.861. The number of hydrogen-bond donors (Lipinski definition) is 1. The maximum Gasteiger partial charge on any atom is 0.205 e. The van der Waals surface area contributed by atoms with Crippen LogP contribution in [0.1, 0.15) is 30.7 Å². The van der Waals surface area contributed by atoms with Crippen molar-refractivity contribution in [2.75, 3.05) is 7.11 Å². The fourth-order valence-corrected chi connectivity index (χ4v) is 3.76. The van der Waals surface area contributed by atoms with E-state index in [0.29, 0.717) is 52.0 Å². The molecule has 2 N–H and O–H groups in total. The minimum absolute atomic E-state index is 0.00546. The number of ether oxygens (including phenoxy) is 2. The molecule has 0 unspecified atom stereocenters. The van der Waals surface area contributed by atoms with E-state index in [1.165, 1.54) is 7.11 Å². The minimum atomic E-state index is -0.697. The van der Waals surface area contributed by atoms with Gasteiger partial charge in [-0.2, -0.15) is 5.26 Å². The van der Waals surface area contributed by atoms with E-state index < -0.39 is 5.92 Å². The van der Waals surface area contributed by atoms with Crippen LogP contribution in [0.5, 0.6) is 5.75 Å². The number of carbonyl (C=O) groups excluding carboxylic acids is 1. The highest BCUT2D eigenvalue weighted by atomic mass is 35.5. The van der Waals surface area contributed by atoms with Crippen LogP contribution in [0.2, 0.25) is 10.0 Å². The first-order valence-electron chi connectivity index (χ1n) is 7.34.